The lowest BCUT2D eigenvalue weighted by atomic mass is 10.1. The number of hydrogen-bond donors (Lipinski definition) is 1. The summed E-state index contributed by atoms with van der Waals surface area (Å²) in [4.78, 5) is 0. The molecule has 1 heterocycles. The zero-order valence-electron chi connectivity index (χ0n) is 11.1. The summed E-state index contributed by atoms with van der Waals surface area (Å²) in [5, 5.41) is 8.54. The zero-order valence-corrected chi connectivity index (χ0v) is 12.7. The Morgan fingerprint density at radius 2 is 2.15 bits per heavy atom. The Labute approximate surface area is 125 Å². The minimum Gasteiger partial charge on any atom is -0.414 e. The summed E-state index contributed by atoms with van der Waals surface area (Å²) >= 11 is 7.18. The van der Waals surface area contributed by atoms with Crippen LogP contribution in [-0.2, 0) is 5.75 Å². The predicted molar refractivity (Wildman–Crippen MR) is 77.0 cm³/mol. The van der Waals surface area contributed by atoms with Gasteiger partial charge in [-0.3, -0.25) is 0 Å². The molecule has 0 aliphatic heterocycles. The van der Waals surface area contributed by atoms with E-state index in [1.54, 1.807) is 12.1 Å². The van der Waals surface area contributed by atoms with Gasteiger partial charge in [-0.25, -0.2) is 4.39 Å². The van der Waals surface area contributed by atoms with Crippen LogP contribution < -0.4 is 5.73 Å². The van der Waals surface area contributed by atoms with Crippen LogP contribution in [0.25, 0.3) is 0 Å². The SMILES string of the molecule is CC(C)C(N)c1nnc(SCc2c(F)cccc2Cl)o1. The molecule has 0 saturated heterocycles. The summed E-state index contributed by atoms with van der Waals surface area (Å²) in [6.45, 7) is 3.95. The van der Waals surface area contributed by atoms with Crippen molar-refractivity contribution in [2.45, 2.75) is 30.9 Å². The van der Waals surface area contributed by atoms with E-state index in [0.29, 0.717) is 27.5 Å². The largest absolute Gasteiger partial charge is 0.414 e. The van der Waals surface area contributed by atoms with Crippen LogP contribution in [0.4, 0.5) is 4.39 Å². The number of rotatable bonds is 5. The highest BCUT2D eigenvalue weighted by Gasteiger charge is 2.18. The Bertz CT molecular complexity index is 570. The van der Waals surface area contributed by atoms with E-state index in [9.17, 15) is 4.39 Å². The van der Waals surface area contributed by atoms with E-state index in [0.717, 1.165) is 0 Å². The van der Waals surface area contributed by atoms with Gasteiger partial charge in [0.2, 0.25) is 5.89 Å². The van der Waals surface area contributed by atoms with Crippen LogP contribution >= 0.6 is 23.4 Å². The van der Waals surface area contributed by atoms with Crippen molar-refractivity contribution in [1.82, 2.24) is 10.2 Å². The number of benzene rings is 1. The molecule has 0 saturated carbocycles. The van der Waals surface area contributed by atoms with Gasteiger partial charge in [0, 0.05) is 16.3 Å². The molecule has 0 amide bonds. The van der Waals surface area contributed by atoms with Crippen molar-refractivity contribution in [3.05, 3.63) is 40.5 Å². The van der Waals surface area contributed by atoms with Crippen molar-refractivity contribution in [1.29, 1.82) is 0 Å². The number of nitrogens with zero attached hydrogens (tertiary/aromatic N) is 2. The standard InChI is InChI=1S/C13H15ClFN3OS/c1-7(2)11(16)12-17-18-13(19-12)20-6-8-9(14)4-3-5-10(8)15/h3-5,7,11H,6,16H2,1-2H3. The van der Waals surface area contributed by atoms with E-state index in [2.05, 4.69) is 10.2 Å². The van der Waals surface area contributed by atoms with Crippen LogP contribution in [0.3, 0.4) is 0 Å². The lowest BCUT2D eigenvalue weighted by molar-refractivity contribution is 0.349. The maximum atomic E-state index is 13.6. The molecule has 2 aromatic rings. The summed E-state index contributed by atoms with van der Waals surface area (Å²) in [5.41, 5.74) is 6.34. The molecule has 1 aromatic carbocycles. The van der Waals surface area contributed by atoms with E-state index >= 15 is 0 Å². The Morgan fingerprint density at radius 3 is 2.80 bits per heavy atom. The maximum absolute atomic E-state index is 13.6. The second kappa shape index (κ2) is 6.56. The fourth-order valence-electron chi connectivity index (χ4n) is 1.50. The molecule has 1 unspecified atom stereocenters. The first kappa shape index (κ1) is 15.3. The predicted octanol–water partition coefficient (Wildman–Crippen LogP) is 3.81. The number of thioether (sulfide) groups is 1. The van der Waals surface area contributed by atoms with E-state index in [1.165, 1.54) is 17.8 Å². The summed E-state index contributed by atoms with van der Waals surface area (Å²) in [6.07, 6.45) is 0. The van der Waals surface area contributed by atoms with Crippen LogP contribution in [0, 0.1) is 11.7 Å². The van der Waals surface area contributed by atoms with Crippen molar-refractivity contribution in [3.63, 3.8) is 0 Å². The second-order valence-electron chi connectivity index (χ2n) is 4.66. The van der Waals surface area contributed by atoms with Crippen LogP contribution in [0.1, 0.15) is 31.3 Å². The van der Waals surface area contributed by atoms with Crippen molar-refractivity contribution in [2.24, 2.45) is 11.7 Å². The summed E-state index contributed by atoms with van der Waals surface area (Å²) in [7, 11) is 0. The van der Waals surface area contributed by atoms with Gasteiger partial charge >= 0.3 is 0 Å². The van der Waals surface area contributed by atoms with Crippen LogP contribution in [0.2, 0.25) is 5.02 Å². The van der Waals surface area contributed by atoms with Gasteiger partial charge in [0.15, 0.2) is 0 Å². The average molecular weight is 316 g/mol. The molecule has 0 spiro atoms. The molecular weight excluding hydrogens is 301 g/mol. The Hall–Kier alpha value is -1.11. The van der Waals surface area contributed by atoms with Crippen molar-refractivity contribution < 1.29 is 8.81 Å². The summed E-state index contributed by atoms with van der Waals surface area (Å²) in [5.74, 6) is 0.574. The van der Waals surface area contributed by atoms with E-state index in [4.69, 9.17) is 21.8 Å². The molecule has 2 rings (SSSR count). The molecule has 0 aliphatic rings. The molecule has 2 N–H and O–H groups in total. The first-order valence-electron chi connectivity index (χ1n) is 6.13. The Balaban J connectivity index is 2.05. The molecule has 1 atom stereocenters. The van der Waals surface area contributed by atoms with Crippen molar-refractivity contribution in [3.8, 4) is 0 Å². The zero-order chi connectivity index (χ0) is 14.7. The Morgan fingerprint density at radius 1 is 1.40 bits per heavy atom. The van der Waals surface area contributed by atoms with E-state index in [-0.39, 0.29) is 17.8 Å². The molecule has 0 aliphatic carbocycles. The van der Waals surface area contributed by atoms with Gasteiger partial charge in [0.05, 0.1) is 6.04 Å². The lowest BCUT2D eigenvalue weighted by Crippen LogP contribution is -2.16. The van der Waals surface area contributed by atoms with Gasteiger partial charge in [-0.1, -0.05) is 43.3 Å². The highest BCUT2D eigenvalue weighted by atomic mass is 35.5. The van der Waals surface area contributed by atoms with Crippen molar-refractivity contribution in [2.75, 3.05) is 0 Å². The number of halogens is 2. The Kier molecular flexibility index (Phi) is 5.01. The normalized spacial score (nSPS) is 12.9. The smallest absolute Gasteiger partial charge is 0.276 e. The molecule has 0 bridgehead atoms. The lowest BCUT2D eigenvalue weighted by Gasteiger charge is -2.09. The average Bonchev–Trinajstić information content (AvgIpc) is 2.86. The molecular formula is C13H15ClFN3OS. The molecule has 108 valence electrons. The van der Waals surface area contributed by atoms with E-state index < -0.39 is 0 Å². The van der Waals surface area contributed by atoms with Crippen LogP contribution in [0.5, 0.6) is 0 Å². The van der Waals surface area contributed by atoms with Crippen molar-refractivity contribution >= 4 is 23.4 Å². The summed E-state index contributed by atoms with van der Waals surface area (Å²) in [6, 6.07) is 4.29. The molecule has 7 heteroatoms. The van der Waals surface area contributed by atoms with Crippen LogP contribution in [-0.4, -0.2) is 10.2 Å². The summed E-state index contributed by atoms with van der Waals surface area (Å²) < 4.78 is 19.1. The minimum atomic E-state index is -0.344. The fourth-order valence-corrected chi connectivity index (χ4v) is 2.62. The fraction of sp³-hybridized carbons (Fsp3) is 0.385. The molecule has 1 aromatic heterocycles. The molecule has 0 radical (unpaired) electrons. The highest BCUT2D eigenvalue weighted by Crippen LogP contribution is 2.29. The van der Waals surface area contributed by atoms with Crippen LogP contribution in [0.15, 0.2) is 27.8 Å². The molecule has 0 fully saturated rings. The topological polar surface area (TPSA) is 64.9 Å². The minimum absolute atomic E-state index is 0.203. The molecule has 20 heavy (non-hydrogen) atoms. The van der Waals surface area contributed by atoms with Gasteiger partial charge < -0.3 is 10.2 Å². The highest BCUT2D eigenvalue weighted by molar-refractivity contribution is 7.98. The maximum Gasteiger partial charge on any atom is 0.276 e. The van der Waals surface area contributed by atoms with Gasteiger partial charge in [-0.2, -0.15) is 0 Å². The number of hydrogen-bond acceptors (Lipinski definition) is 5. The van der Waals surface area contributed by atoms with E-state index in [1.807, 2.05) is 13.8 Å². The number of aromatic nitrogens is 2. The third kappa shape index (κ3) is 3.50. The monoisotopic (exact) mass is 315 g/mol. The first-order chi connectivity index (χ1) is 9.49. The van der Waals surface area contributed by atoms with Gasteiger partial charge in [0.1, 0.15) is 5.82 Å². The van der Waals surface area contributed by atoms with Gasteiger partial charge in [-0.15, -0.1) is 10.2 Å². The third-order valence-electron chi connectivity index (χ3n) is 2.83. The van der Waals surface area contributed by atoms with Gasteiger partial charge in [-0.05, 0) is 18.1 Å². The molecule has 4 nitrogen and oxygen atoms in total. The third-order valence-corrected chi connectivity index (χ3v) is 4.03. The quantitative estimate of drug-likeness (QED) is 0.850. The number of nitrogens with two attached hydrogens (primary N) is 1. The second-order valence-corrected chi connectivity index (χ2v) is 6.00. The van der Waals surface area contributed by atoms with Gasteiger partial charge in [0.25, 0.3) is 5.22 Å². The first-order valence-corrected chi connectivity index (χ1v) is 7.50.